The molecule has 2 aliphatic rings. The third kappa shape index (κ3) is 27.3. The molecule has 2 aliphatic heterocycles. The van der Waals surface area contributed by atoms with Crippen molar-refractivity contribution in [1.82, 2.24) is 10.2 Å². The second-order valence-corrected chi connectivity index (χ2v) is 14.5. The van der Waals surface area contributed by atoms with Crippen molar-refractivity contribution in [1.29, 1.82) is 0 Å². The van der Waals surface area contributed by atoms with Crippen molar-refractivity contribution in [2.75, 3.05) is 32.7 Å². The van der Waals surface area contributed by atoms with Crippen LogP contribution in [0.25, 0.3) is 0 Å². The molecule has 3 atom stereocenters. The molecule has 2 rings (SSSR count). The minimum absolute atomic E-state index is 0.0154. The number of nitrogens with one attached hydrogen (secondary N) is 1. The van der Waals surface area contributed by atoms with Gasteiger partial charge in [-0.05, 0) is 32.1 Å². The van der Waals surface area contributed by atoms with Crippen molar-refractivity contribution in [2.24, 2.45) is 0 Å². The van der Waals surface area contributed by atoms with Crippen LogP contribution in [-0.2, 0) is 19.1 Å². The first-order valence-electron chi connectivity index (χ1n) is 20.5. The molecule has 47 heavy (non-hydrogen) atoms. The van der Waals surface area contributed by atoms with Crippen LogP contribution in [0.3, 0.4) is 0 Å². The molecule has 3 unspecified atom stereocenters. The highest BCUT2D eigenvalue weighted by molar-refractivity contribution is 5.72. The Kier molecular flexibility index (Phi) is 29.9. The number of morpholine rings is 2. The van der Waals surface area contributed by atoms with Crippen molar-refractivity contribution in [3.63, 3.8) is 0 Å². The predicted molar refractivity (Wildman–Crippen MR) is 197 cm³/mol. The van der Waals surface area contributed by atoms with Gasteiger partial charge in [0.25, 0.3) is 0 Å². The Morgan fingerprint density at radius 1 is 0.617 bits per heavy atom. The van der Waals surface area contributed by atoms with Crippen molar-refractivity contribution in [3.05, 3.63) is 0 Å². The van der Waals surface area contributed by atoms with Crippen LogP contribution < -0.4 is 5.32 Å². The average molecular weight is 667 g/mol. The lowest BCUT2D eigenvalue weighted by atomic mass is 10.0. The summed E-state index contributed by atoms with van der Waals surface area (Å²) in [4.78, 5) is 25.1. The smallest absolute Gasteiger partial charge is 0.320 e. The largest absolute Gasteiger partial charge is 0.460 e. The average Bonchev–Trinajstić information content (AvgIpc) is 3.05. The van der Waals surface area contributed by atoms with Gasteiger partial charge in [0.05, 0.1) is 19.2 Å². The predicted octanol–water partition coefficient (Wildman–Crippen LogP) is 9.67. The van der Waals surface area contributed by atoms with Crippen molar-refractivity contribution >= 4 is 11.9 Å². The molecule has 0 radical (unpaired) electrons. The number of ether oxygens (including phenoxy) is 2. The highest BCUT2D eigenvalue weighted by Gasteiger charge is 2.27. The zero-order valence-corrected chi connectivity index (χ0v) is 31.4. The van der Waals surface area contributed by atoms with Gasteiger partial charge >= 0.3 is 11.9 Å². The SMILES string of the molecule is CCCCCCCCCCC(O)CN1CC(=O)OC(CCCCCCCCCC)C1.CCCCCCCCCCC1CNCC(=O)O1. The Balaban J connectivity index is 0.000000548. The summed E-state index contributed by atoms with van der Waals surface area (Å²) in [5.74, 6) is -0.217. The van der Waals surface area contributed by atoms with Gasteiger partial charge in [0.15, 0.2) is 0 Å². The second kappa shape index (κ2) is 32.0. The van der Waals surface area contributed by atoms with Crippen LogP contribution >= 0.6 is 0 Å². The summed E-state index contributed by atoms with van der Waals surface area (Å²) in [6.45, 7) is 9.71. The molecule has 2 saturated heterocycles. The summed E-state index contributed by atoms with van der Waals surface area (Å²) in [6, 6.07) is 0. The quantitative estimate of drug-likeness (QED) is 0.0607. The summed E-state index contributed by atoms with van der Waals surface area (Å²) in [6.07, 6.45) is 34.0. The molecule has 2 fully saturated rings. The van der Waals surface area contributed by atoms with Gasteiger partial charge in [0, 0.05) is 19.6 Å². The minimum Gasteiger partial charge on any atom is -0.460 e. The van der Waals surface area contributed by atoms with Crippen molar-refractivity contribution < 1.29 is 24.2 Å². The first-order chi connectivity index (χ1) is 23.0. The Bertz CT molecular complexity index is 719. The van der Waals surface area contributed by atoms with Gasteiger partial charge in [0.2, 0.25) is 0 Å². The zero-order valence-electron chi connectivity index (χ0n) is 31.4. The topological polar surface area (TPSA) is 88.1 Å². The third-order valence-electron chi connectivity index (χ3n) is 9.67. The van der Waals surface area contributed by atoms with Crippen molar-refractivity contribution in [2.45, 2.75) is 212 Å². The third-order valence-corrected chi connectivity index (χ3v) is 9.67. The number of carbonyl (C=O) groups is 2. The van der Waals surface area contributed by atoms with E-state index in [1.807, 2.05) is 0 Å². The van der Waals surface area contributed by atoms with Crippen LogP contribution in [0.5, 0.6) is 0 Å². The highest BCUT2D eigenvalue weighted by atomic mass is 16.6. The fourth-order valence-corrected chi connectivity index (χ4v) is 6.77. The standard InChI is InChI=1S/C26H51NO3.C14H27NO2/c1-3-5-7-9-11-13-15-17-19-24(28)21-27-22-25(30-26(29)23-27)20-18-16-14-12-10-8-6-4-2;1-2-3-4-5-6-7-8-9-10-13-11-15-12-14(16)17-13/h24-25,28H,3-23H2,1-2H3;13,15H,2-12H2,1H3. The fraction of sp³-hybridized carbons (Fsp3) is 0.950. The number of aliphatic hydroxyl groups is 1. The number of esters is 2. The number of carbonyl (C=O) groups excluding carboxylic acids is 2. The Morgan fingerprint density at radius 3 is 1.53 bits per heavy atom. The minimum atomic E-state index is -0.320. The molecule has 0 aromatic heterocycles. The maximum atomic E-state index is 12.0. The summed E-state index contributed by atoms with van der Waals surface area (Å²) < 4.78 is 10.8. The molecule has 0 aromatic rings. The van der Waals surface area contributed by atoms with Gasteiger partial charge in [-0.3, -0.25) is 14.5 Å². The molecule has 0 bridgehead atoms. The molecule has 0 saturated carbocycles. The normalized spacial score (nSPS) is 19.1. The molecular weight excluding hydrogens is 588 g/mol. The lowest BCUT2D eigenvalue weighted by Gasteiger charge is -2.33. The van der Waals surface area contributed by atoms with Gasteiger partial charge in [-0.2, -0.15) is 0 Å². The Labute approximate surface area is 291 Å². The fourth-order valence-electron chi connectivity index (χ4n) is 6.77. The summed E-state index contributed by atoms with van der Waals surface area (Å²) >= 11 is 0. The van der Waals surface area contributed by atoms with E-state index < -0.39 is 0 Å². The monoisotopic (exact) mass is 667 g/mol. The molecule has 0 amide bonds. The van der Waals surface area contributed by atoms with Gasteiger partial charge in [0.1, 0.15) is 12.2 Å². The highest BCUT2D eigenvalue weighted by Crippen LogP contribution is 2.17. The summed E-state index contributed by atoms with van der Waals surface area (Å²) in [5, 5.41) is 13.5. The van der Waals surface area contributed by atoms with Crippen LogP contribution in [0, 0.1) is 0 Å². The van der Waals surface area contributed by atoms with E-state index in [9.17, 15) is 14.7 Å². The summed E-state index contributed by atoms with van der Waals surface area (Å²) in [7, 11) is 0. The molecule has 7 heteroatoms. The molecular formula is C40H78N2O5. The maximum absolute atomic E-state index is 12.0. The number of hydrogen-bond donors (Lipinski definition) is 2. The number of aliphatic hydroxyl groups excluding tert-OH is 1. The molecule has 2 heterocycles. The number of unbranched alkanes of at least 4 members (excludes halogenated alkanes) is 21. The van der Waals surface area contributed by atoms with E-state index in [-0.39, 0.29) is 30.3 Å². The van der Waals surface area contributed by atoms with E-state index in [1.165, 1.54) is 141 Å². The maximum Gasteiger partial charge on any atom is 0.320 e. The van der Waals surface area contributed by atoms with Crippen LogP contribution in [0.15, 0.2) is 0 Å². The lowest BCUT2D eigenvalue weighted by molar-refractivity contribution is -0.160. The molecule has 2 N–H and O–H groups in total. The van der Waals surface area contributed by atoms with Gasteiger partial charge < -0.3 is 19.9 Å². The van der Waals surface area contributed by atoms with Crippen LogP contribution in [0.1, 0.15) is 194 Å². The van der Waals surface area contributed by atoms with Crippen LogP contribution in [0.2, 0.25) is 0 Å². The van der Waals surface area contributed by atoms with E-state index in [0.29, 0.717) is 19.6 Å². The molecule has 278 valence electrons. The van der Waals surface area contributed by atoms with Gasteiger partial charge in [-0.15, -0.1) is 0 Å². The van der Waals surface area contributed by atoms with Crippen LogP contribution in [0.4, 0.5) is 0 Å². The number of cyclic esters (lactones) is 2. The lowest BCUT2D eigenvalue weighted by Crippen LogP contribution is -2.47. The van der Waals surface area contributed by atoms with E-state index in [0.717, 1.165) is 45.2 Å². The molecule has 0 aromatic carbocycles. The molecule has 7 nitrogen and oxygen atoms in total. The van der Waals surface area contributed by atoms with Crippen LogP contribution in [-0.4, -0.2) is 73.0 Å². The van der Waals surface area contributed by atoms with Gasteiger partial charge in [-0.1, -0.05) is 162 Å². The van der Waals surface area contributed by atoms with E-state index in [2.05, 4.69) is 31.0 Å². The number of rotatable bonds is 29. The first kappa shape index (κ1) is 43.8. The van der Waals surface area contributed by atoms with E-state index in [4.69, 9.17) is 9.47 Å². The number of nitrogens with zero attached hydrogens (tertiary/aromatic N) is 1. The van der Waals surface area contributed by atoms with E-state index in [1.54, 1.807) is 0 Å². The van der Waals surface area contributed by atoms with Crippen molar-refractivity contribution in [3.8, 4) is 0 Å². The number of hydrogen-bond acceptors (Lipinski definition) is 7. The van der Waals surface area contributed by atoms with Gasteiger partial charge in [-0.25, -0.2) is 0 Å². The Morgan fingerprint density at radius 2 is 1.04 bits per heavy atom. The molecule has 0 spiro atoms. The van der Waals surface area contributed by atoms with E-state index >= 15 is 0 Å². The summed E-state index contributed by atoms with van der Waals surface area (Å²) in [5.41, 5.74) is 0. The molecule has 0 aliphatic carbocycles. The first-order valence-corrected chi connectivity index (χ1v) is 20.5. The Hall–Kier alpha value is -1.18. The number of β-amino-alcohol motifs (C(OH)–C–C–N with tert-alkyl or cyclic N) is 1. The second-order valence-electron chi connectivity index (χ2n) is 14.5. The zero-order chi connectivity index (χ0) is 34.2.